The minimum Gasteiger partial charge on any atom is -0.491 e. The number of rotatable bonds is 8. The molecule has 0 spiro atoms. The van der Waals surface area contributed by atoms with Crippen molar-refractivity contribution in [1.29, 1.82) is 0 Å². The molecule has 0 bridgehead atoms. The van der Waals surface area contributed by atoms with Gasteiger partial charge < -0.3 is 10.1 Å². The summed E-state index contributed by atoms with van der Waals surface area (Å²) in [6.07, 6.45) is 1.04. The molecule has 0 aliphatic heterocycles. The molecule has 2 aromatic carbocycles. The Labute approximate surface area is 175 Å². The molecular weight excluding hydrogens is 423 g/mol. The van der Waals surface area contributed by atoms with Crippen LogP contribution in [0.1, 0.15) is 19.4 Å². The molecule has 0 aliphatic rings. The molecular formula is C19H22Cl2N2O4S. The third-order valence-electron chi connectivity index (χ3n) is 3.62. The Bertz CT molecular complexity index is 949. The molecule has 28 heavy (non-hydrogen) atoms. The van der Waals surface area contributed by atoms with Crippen molar-refractivity contribution in [2.24, 2.45) is 0 Å². The molecule has 0 fully saturated rings. The second kappa shape index (κ2) is 9.49. The fraction of sp³-hybridized carbons (Fsp3) is 0.316. The van der Waals surface area contributed by atoms with Gasteiger partial charge in [-0.05, 0) is 49.7 Å². The van der Waals surface area contributed by atoms with Crippen molar-refractivity contribution in [3.63, 3.8) is 0 Å². The van der Waals surface area contributed by atoms with Gasteiger partial charge in [-0.25, -0.2) is 8.42 Å². The standard InChI is InChI=1S/C19H22Cl2N2O4S/c1-13(2)27-16-6-4-5-14(9-16)11-22-19(24)12-23(28(3,25)26)18-10-15(20)7-8-17(18)21/h4-10,13H,11-12H2,1-3H3,(H,22,24). The zero-order valence-electron chi connectivity index (χ0n) is 15.8. The molecule has 2 rings (SSSR count). The largest absolute Gasteiger partial charge is 0.491 e. The molecule has 0 aromatic heterocycles. The lowest BCUT2D eigenvalue weighted by atomic mass is 10.2. The number of halogens is 2. The number of ether oxygens (including phenoxy) is 1. The minimum absolute atomic E-state index is 0.0376. The lowest BCUT2D eigenvalue weighted by Crippen LogP contribution is -2.40. The molecule has 0 saturated carbocycles. The number of anilines is 1. The van der Waals surface area contributed by atoms with Gasteiger partial charge in [0.1, 0.15) is 12.3 Å². The monoisotopic (exact) mass is 444 g/mol. The topological polar surface area (TPSA) is 75.7 Å². The van der Waals surface area contributed by atoms with Gasteiger partial charge in [0, 0.05) is 11.6 Å². The van der Waals surface area contributed by atoms with Gasteiger partial charge in [-0.1, -0.05) is 35.3 Å². The average molecular weight is 445 g/mol. The third-order valence-corrected chi connectivity index (χ3v) is 5.31. The van der Waals surface area contributed by atoms with Crippen molar-refractivity contribution >= 4 is 44.8 Å². The van der Waals surface area contributed by atoms with E-state index < -0.39 is 22.5 Å². The van der Waals surface area contributed by atoms with Crippen molar-refractivity contribution < 1.29 is 17.9 Å². The van der Waals surface area contributed by atoms with Crippen LogP contribution in [0.4, 0.5) is 5.69 Å². The molecule has 0 radical (unpaired) electrons. The number of hydrogen-bond donors (Lipinski definition) is 1. The van der Waals surface area contributed by atoms with E-state index in [1.54, 1.807) is 6.07 Å². The van der Waals surface area contributed by atoms with Gasteiger partial charge in [0.25, 0.3) is 0 Å². The second-order valence-corrected chi connectivity index (χ2v) is 9.21. The summed E-state index contributed by atoms with van der Waals surface area (Å²) in [5, 5.41) is 3.21. The first-order valence-electron chi connectivity index (χ1n) is 8.51. The number of sulfonamides is 1. The van der Waals surface area contributed by atoms with E-state index in [2.05, 4.69) is 5.32 Å². The maximum absolute atomic E-state index is 12.4. The maximum Gasteiger partial charge on any atom is 0.241 e. The molecule has 0 atom stereocenters. The molecule has 0 unspecified atom stereocenters. The van der Waals surface area contributed by atoms with Crippen LogP contribution in [0, 0.1) is 0 Å². The first-order valence-corrected chi connectivity index (χ1v) is 11.1. The highest BCUT2D eigenvalue weighted by atomic mass is 35.5. The summed E-state index contributed by atoms with van der Waals surface area (Å²) >= 11 is 12.0. The van der Waals surface area contributed by atoms with Crippen LogP contribution in [-0.2, 0) is 21.4 Å². The van der Waals surface area contributed by atoms with Gasteiger partial charge in [-0.15, -0.1) is 0 Å². The summed E-state index contributed by atoms with van der Waals surface area (Å²) < 4.78 is 30.9. The fourth-order valence-electron chi connectivity index (χ4n) is 2.45. The summed E-state index contributed by atoms with van der Waals surface area (Å²) in [5.41, 5.74) is 0.984. The Morgan fingerprint density at radius 3 is 2.54 bits per heavy atom. The molecule has 9 heteroatoms. The summed E-state index contributed by atoms with van der Waals surface area (Å²) in [7, 11) is -3.75. The molecule has 0 heterocycles. The van der Waals surface area contributed by atoms with E-state index in [0.717, 1.165) is 16.1 Å². The van der Waals surface area contributed by atoms with Gasteiger partial charge in [0.15, 0.2) is 0 Å². The van der Waals surface area contributed by atoms with Crippen LogP contribution in [0.15, 0.2) is 42.5 Å². The lowest BCUT2D eigenvalue weighted by Gasteiger charge is -2.23. The van der Waals surface area contributed by atoms with Crippen molar-refractivity contribution in [2.45, 2.75) is 26.5 Å². The molecule has 6 nitrogen and oxygen atoms in total. The molecule has 1 amide bonds. The zero-order chi connectivity index (χ0) is 20.9. The highest BCUT2D eigenvalue weighted by Gasteiger charge is 2.23. The van der Waals surface area contributed by atoms with Gasteiger partial charge in [0.2, 0.25) is 15.9 Å². The maximum atomic E-state index is 12.4. The minimum atomic E-state index is -3.75. The molecule has 0 aliphatic carbocycles. The zero-order valence-corrected chi connectivity index (χ0v) is 18.1. The van der Waals surface area contributed by atoms with Crippen LogP contribution < -0.4 is 14.4 Å². The van der Waals surface area contributed by atoms with Crippen molar-refractivity contribution in [3.8, 4) is 5.75 Å². The summed E-state index contributed by atoms with van der Waals surface area (Å²) in [5.74, 6) is 0.224. The molecule has 1 N–H and O–H groups in total. The van der Waals surface area contributed by atoms with E-state index in [9.17, 15) is 13.2 Å². The highest BCUT2D eigenvalue weighted by Crippen LogP contribution is 2.30. The molecule has 0 saturated heterocycles. The number of benzene rings is 2. The third kappa shape index (κ3) is 6.58. The number of carbonyl (C=O) groups is 1. The lowest BCUT2D eigenvalue weighted by molar-refractivity contribution is -0.119. The summed E-state index contributed by atoms with van der Waals surface area (Å²) in [4.78, 5) is 12.4. The van der Waals surface area contributed by atoms with Crippen molar-refractivity contribution in [2.75, 3.05) is 17.1 Å². The number of carbonyl (C=O) groups excluding carboxylic acids is 1. The molecule has 2 aromatic rings. The number of nitrogens with zero attached hydrogens (tertiary/aromatic N) is 1. The number of nitrogens with one attached hydrogen (secondary N) is 1. The molecule has 152 valence electrons. The van der Waals surface area contributed by atoms with Crippen LogP contribution in [-0.4, -0.2) is 33.2 Å². The van der Waals surface area contributed by atoms with Crippen LogP contribution in [0.5, 0.6) is 5.75 Å². The predicted octanol–water partition coefficient (Wildman–Crippen LogP) is 3.86. The number of hydrogen-bond acceptors (Lipinski definition) is 4. The Balaban J connectivity index is 2.10. The van der Waals surface area contributed by atoms with E-state index in [0.29, 0.717) is 10.8 Å². The van der Waals surface area contributed by atoms with E-state index in [4.69, 9.17) is 27.9 Å². The Morgan fingerprint density at radius 1 is 1.18 bits per heavy atom. The van der Waals surface area contributed by atoms with Gasteiger partial charge in [-0.3, -0.25) is 9.10 Å². The summed E-state index contributed by atoms with van der Waals surface area (Å²) in [6.45, 7) is 3.67. The number of amides is 1. The van der Waals surface area contributed by atoms with E-state index in [1.807, 2.05) is 38.1 Å². The Hall–Kier alpha value is -1.96. The van der Waals surface area contributed by atoms with Gasteiger partial charge in [0.05, 0.1) is 23.1 Å². The Kier molecular flexibility index (Phi) is 7.57. The second-order valence-electron chi connectivity index (χ2n) is 6.46. The van der Waals surface area contributed by atoms with Gasteiger partial charge >= 0.3 is 0 Å². The van der Waals surface area contributed by atoms with E-state index in [1.165, 1.54) is 12.1 Å². The van der Waals surface area contributed by atoms with Crippen LogP contribution in [0.25, 0.3) is 0 Å². The average Bonchev–Trinajstić information content (AvgIpc) is 2.59. The smallest absolute Gasteiger partial charge is 0.241 e. The van der Waals surface area contributed by atoms with Crippen LogP contribution >= 0.6 is 23.2 Å². The van der Waals surface area contributed by atoms with Crippen LogP contribution in [0.3, 0.4) is 0 Å². The predicted molar refractivity (Wildman–Crippen MR) is 113 cm³/mol. The van der Waals surface area contributed by atoms with Crippen LogP contribution in [0.2, 0.25) is 10.0 Å². The normalized spacial score (nSPS) is 11.4. The van der Waals surface area contributed by atoms with E-state index in [-0.39, 0.29) is 23.4 Å². The van der Waals surface area contributed by atoms with Gasteiger partial charge in [-0.2, -0.15) is 0 Å². The quantitative estimate of drug-likeness (QED) is 0.670. The van der Waals surface area contributed by atoms with Crippen molar-refractivity contribution in [3.05, 3.63) is 58.1 Å². The summed E-state index contributed by atoms with van der Waals surface area (Å²) in [6, 6.07) is 11.8. The Morgan fingerprint density at radius 2 is 1.89 bits per heavy atom. The van der Waals surface area contributed by atoms with E-state index >= 15 is 0 Å². The fourth-order valence-corrected chi connectivity index (χ4v) is 3.74. The highest BCUT2D eigenvalue weighted by molar-refractivity contribution is 7.92. The SMILES string of the molecule is CC(C)Oc1cccc(CNC(=O)CN(c2cc(Cl)ccc2Cl)S(C)(=O)=O)c1. The first-order chi connectivity index (χ1) is 13.1. The first kappa shape index (κ1) is 22.3. The van der Waals surface area contributed by atoms with Crippen molar-refractivity contribution in [1.82, 2.24) is 5.32 Å².